The second kappa shape index (κ2) is 10.7. The zero-order valence-corrected chi connectivity index (χ0v) is 25.1. The zero-order valence-electron chi connectivity index (χ0n) is 24.1. The van der Waals surface area contributed by atoms with E-state index in [0.717, 1.165) is 47.1 Å². The molecule has 6 rings (SSSR count). The first-order valence-electron chi connectivity index (χ1n) is 14.4. The second-order valence-corrected chi connectivity index (χ2v) is 17.2. The van der Waals surface area contributed by atoms with Crippen molar-refractivity contribution in [1.29, 1.82) is 0 Å². The van der Waals surface area contributed by atoms with Gasteiger partial charge in [-0.25, -0.2) is 14.6 Å². The Balaban J connectivity index is 1.28. The molecule has 0 saturated carbocycles. The van der Waals surface area contributed by atoms with Crippen molar-refractivity contribution in [3.8, 4) is 11.4 Å². The number of esters is 2. The summed E-state index contributed by atoms with van der Waals surface area (Å²) in [5, 5.41) is 12.3. The van der Waals surface area contributed by atoms with Crippen LogP contribution in [0.5, 0.6) is 0 Å². The maximum absolute atomic E-state index is 13.7. The first-order valence-corrected chi connectivity index (χ1v) is 17.8. The van der Waals surface area contributed by atoms with Crippen molar-refractivity contribution in [1.82, 2.24) is 9.55 Å². The van der Waals surface area contributed by atoms with Gasteiger partial charge in [0.05, 0.1) is 41.9 Å². The SMILES string of the molecule is CC[C@@]1(O)C(=O)OCc2c1cc1n(c2=O)Cc2c-1nc1ccccc1c2CC[Si](C)(C)CCCOC(=O)c1ccco1. The summed E-state index contributed by atoms with van der Waals surface area (Å²) in [5.41, 5.74) is 2.92. The Morgan fingerprint density at radius 3 is 2.71 bits per heavy atom. The number of carbonyl (C=O) groups is 2. The van der Waals surface area contributed by atoms with Crippen molar-refractivity contribution >= 4 is 30.9 Å². The van der Waals surface area contributed by atoms with E-state index in [1.807, 2.05) is 18.2 Å². The lowest BCUT2D eigenvalue weighted by Gasteiger charge is -2.31. The van der Waals surface area contributed by atoms with Crippen LogP contribution in [-0.2, 0) is 39.4 Å². The minimum Gasteiger partial charge on any atom is -0.460 e. The number of ether oxygens (including phenoxy) is 2. The normalized spacial score (nSPS) is 17.5. The number of furan rings is 1. The maximum atomic E-state index is 13.7. The highest BCUT2D eigenvalue weighted by molar-refractivity contribution is 6.77. The van der Waals surface area contributed by atoms with Gasteiger partial charge in [-0.15, -0.1) is 0 Å². The summed E-state index contributed by atoms with van der Waals surface area (Å²) in [6.07, 6.45) is 3.18. The zero-order chi connectivity index (χ0) is 29.6. The Hall–Kier alpha value is -4.02. The average Bonchev–Trinajstić information content (AvgIpc) is 3.65. The molecule has 9 nitrogen and oxygen atoms in total. The van der Waals surface area contributed by atoms with E-state index in [4.69, 9.17) is 18.9 Å². The third-order valence-corrected chi connectivity index (χ3v) is 12.0. The highest BCUT2D eigenvalue weighted by Crippen LogP contribution is 2.41. The lowest BCUT2D eigenvalue weighted by molar-refractivity contribution is -0.172. The van der Waals surface area contributed by atoms with Gasteiger partial charge in [-0.1, -0.05) is 50.3 Å². The number of cyclic esters (lactones) is 1. The van der Waals surface area contributed by atoms with E-state index in [9.17, 15) is 19.5 Å². The van der Waals surface area contributed by atoms with Gasteiger partial charge >= 0.3 is 11.9 Å². The molecule has 0 spiro atoms. The first-order chi connectivity index (χ1) is 20.1. The maximum Gasteiger partial charge on any atom is 0.374 e. The average molecular weight is 587 g/mol. The third-order valence-electron chi connectivity index (χ3n) is 8.72. The van der Waals surface area contributed by atoms with Crippen LogP contribution in [0.15, 0.2) is 57.9 Å². The minimum atomic E-state index is -1.85. The van der Waals surface area contributed by atoms with E-state index in [1.54, 1.807) is 29.7 Å². The molecule has 4 aromatic rings. The highest BCUT2D eigenvalue weighted by Gasteiger charge is 2.45. The fourth-order valence-corrected chi connectivity index (χ4v) is 8.45. The summed E-state index contributed by atoms with van der Waals surface area (Å²) >= 11 is 0. The summed E-state index contributed by atoms with van der Waals surface area (Å²) < 4.78 is 17.4. The Morgan fingerprint density at radius 2 is 1.95 bits per heavy atom. The molecule has 0 saturated heterocycles. The van der Waals surface area contributed by atoms with Crippen LogP contribution in [0.3, 0.4) is 0 Å². The number of hydrogen-bond acceptors (Lipinski definition) is 8. The predicted octanol–water partition coefficient (Wildman–Crippen LogP) is 5.17. The summed E-state index contributed by atoms with van der Waals surface area (Å²) in [6, 6.07) is 15.1. The highest BCUT2D eigenvalue weighted by atomic mass is 28.3. The predicted molar refractivity (Wildman–Crippen MR) is 159 cm³/mol. The molecule has 10 heteroatoms. The van der Waals surface area contributed by atoms with Gasteiger partial charge in [0, 0.05) is 24.6 Å². The van der Waals surface area contributed by atoms with Crippen LogP contribution in [0.2, 0.25) is 25.2 Å². The summed E-state index contributed by atoms with van der Waals surface area (Å²) in [4.78, 5) is 43.3. The van der Waals surface area contributed by atoms with Gasteiger partial charge in [0.1, 0.15) is 6.61 Å². The molecule has 0 fully saturated rings. The number of fused-ring (bicyclic) bond motifs is 5. The van der Waals surface area contributed by atoms with Crippen molar-refractivity contribution in [3.05, 3.63) is 87.1 Å². The van der Waals surface area contributed by atoms with Gasteiger partial charge in [0.25, 0.3) is 5.56 Å². The van der Waals surface area contributed by atoms with Crippen molar-refractivity contribution < 1.29 is 28.6 Å². The van der Waals surface area contributed by atoms with Crippen molar-refractivity contribution in [2.75, 3.05) is 6.61 Å². The molecule has 3 aromatic heterocycles. The number of aryl methyl sites for hydroxylation is 1. The van der Waals surface area contributed by atoms with Crippen molar-refractivity contribution in [2.45, 2.75) is 70.1 Å². The number of aromatic nitrogens is 2. The number of para-hydroxylation sites is 1. The molecule has 1 N–H and O–H groups in total. The lowest BCUT2D eigenvalue weighted by atomic mass is 9.86. The molecule has 0 unspecified atom stereocenters. The molecule has 5 heterocycles. The van der Waals surface area contributed by atoms with Crippen LogP contribution in [0.1, 0.15) is 52.6 Å². The lowest BCUT2D eigenvalue weighted by Crippen LogP contribution is -2.44. The van der Waals surface area contributed by atoms with E-state index in [2.05, 4.69) is 19.2 Å². The standard InChI is InChI=1S/C32H34N2O7Si/c1-4-32(38)24-17-26-28-22(18-34(26)29(35)23(24)19-41-31(32)37)20(21-9-5-6-10-25(21)33-28)12-16-42(2,3)15-8-14-40-30(36)27-11-7-13-39-27/h5-7,9-11,13,17,38H,4,8,12,14-16,18-19H2,1-3H3/t32-/m0/s1. The second-order valence-electron chi connectivity index (χ2n) is 11.9. The van der Waals surface area contributed by atoms with E-state index in [1.165, 1.54) is 11.8 Å². The number of nitrogens with zero attached hydrogens (tertiary/aromatic N) is 2. The number of carbonyl (C=O) groups excluding carboxylic acids is 2. The van der Waals surface area contributed by atoms with Crippen LogP contribution in [-0.4, -0.2) is 41.3 Å². The van der Waals surface area contributed by atoms with E-state index >= 15 is 0 Å². The van der Waals surface area contributed by atoms with Gasteiger partial charge in [-0.05, 0) is 49.1 Å². The number of pyridine rings is 2. The molecule has 42 heavy (non-hydrogen) atoms. The Bertz CT molecular complexity index is 1760. The van der Waals surface area contributed by atoms with E-state index in [-0.39, 0.29) is 24.3 Å². The van der Waals surface area contributed by atoms with E-state index in [0.29, 0.717) is 30.0 Å². The molecule has 0 bridgehead atoms. The first kappa shape index (κ1) is 28.1. The Labute approximate surface area is 244 Å². The van der Waals surface area contributed by atoms with Crippen LogP contribution >= 0.6 is 0 Å². The Morgan fingerprint density at radius 1 is 1.14 bits per heavy atom. The summed E-state index contributed by atoms with van der Waals surface area (Å²) in [5.74, 6) is -0.956. The largest absolute Gasteiger partial charge is 0.460 e. The van der Waals surface area contributed by atoms with Crippen molar-refractivity contribution in [2.24, 2.45) is 0 Å². The van der Waals surface area contributed by atoms with Gasteiger partial charge in [-0.3, -0.25) is 4.79 Å². The number of rotatable bonds is 9. The van der Waals surface area contributed by atoms with Crippen LogP contribution in [0.25, 0.3) is 22.3 Å². The number of aliphatic hydroxyl groups is 1. The fraction of sp³-hybridized carbons (Fsp3) is 0.375. The topological polar surface area (TPSA) is 121 Å². The van der Waals surface area contributed by atoms with Gasteiger partial charge < -0.3 is 23.6 Å². The van der Waals surface area contributed by atoms with Crippen LogP contribution < -0.4 is 5.56 Å². The molecular formula is C32H34N2O7Si. The molecule has 218 valence electrons. The molecular weight excluding hydrogens is 552 g/mol. The fourth-order valence-electron chi connectivity index (χ4n) is 6.17. The van der Waals surface area contributed by atoms with Crippen LogP contribution in [0, 0.1) is 0 Å². The monoisotopic (exact) mass is 586 g/mol. The van der Waals surface area contributed by atoms with Crippen LogP contribution in [0.4, 0.5) is 0 Å². The van der Waals surface area contributed by atoms with Crippen molar-refractivity contribution in [3.63, 3.8) is 0 Å². The Kier molecular flexibility index (Phi) is 7.14. The van der Waals surface area contributed by atoms with Gasteiger partial charge in [-0.2, -0.15) is 0 Å². The smallest absolute Gasteiger partial charge is 0.374 e. The molecule has 2 aliphatic rings. The number of benzene rings is 1. The molecule has 0 radical (unpaired) electrons. The summed E-state index contributed by atoms with van der Waals surface area (Å²) in [7, 11) is -1.68. The quantitative estimate of drug-likeness (QED) is 0.143. The molecule has 1 aromatic carbocycles. The molecule has 1 atom stereocenters. The molecule has 0 amide bonds. The van der Waals surface area contributed by atoms with Gasteiger partial charge in [0.2, 0.25) is 5.76 Å². The van der Waals surface area contributed by atoms with E-state index < -0.39 is 25.6 Å². The molecule has 2 aliphatic heterocycles. The third kappa shape index (κ3) is 4.78. The van der Waals surface area contributed by atoms with Gasteiger partial charge in [0.15, 0.2) is 5.60 Å². The number of hydrogen-bond donors (Lipinski definition) is 1. The minimum absolute atomic E-state index is 0.104. The molecule has 0 aliphatic carbocycles. The summed E-state index contributed by atoms with van der Waals surface area (Å²) in [6.45, 7) is 6.98.